The minimum absolute atomic E-state index is 0.0729. The second-order valence-electron chi connectivity index (χ2n) is 8.03. The van der Waals surface area contributed by atoms with Crippen LogP contribution in [0, 0.1) is 11.3 Å². The zero-order valence-corrected chi connectivity index (χ0v) is 15.7. The fourth-order valence-corrected chi connectivity index (χ4v) is 6.69. The highest BCUT2D eigenvalue weighted by atomic mass is 32.1. The van der Waals surface area contributed by atoms with Crippen LogP contribution in [0.1, 0.15) is 63.2 Å². The summed E-state index contributed by atoms with van der Waals surface area (Å²) in [6, 6.07) is 4.55. The van der Waals surface area contributed by atoms with Crippen molar-refractivity contribution in [2.24, 2.45) is 11.3 Å². The maximum Gasteiger partial charge on any atom is 0.226 e. The van der Waals surface area contributed by atoms with Gasteiger partial charge in [-0.15, -0.1) is 11.3 Å². The molecule has 1 aliphatic carbocycles. The van der Waals surface area contributed by atoms with E-state index in [4.69, 9.17) is 0 Å². The number of hydrogen-bond donors (Lipinski definition) is 1. The number of amides is 1. The van der Waals surface area contributed by atoms with Gasteiger partial charge in [-0.3, -0.25) is 9.69 Å². The lowest BCUT2D eigenvalue weighted by molar-refractivity contribution is -0.133. The molecule has 132 valence electrons. The molecule has 3 fully saturated rings. The van der Waals surface area contributed by atoms with Crippen molar-refractivity contribution < 1.29 is 4.79 Å². The van der Waals surface area contributed by atoms with Crippen molar-refractivity contribution in [1.29, 1.82) is 0 Å². The molecule has 1 spiro atoms. The molecule has 24 heavy (non-hydrogen) atoms. The molecule has 1 unspecified atom stereocenters. The number of piperidine rings is 1. The van der Waals surface area contributed by atoms with Crippen LogP contribution in [0.3, 0.4) is 0 Å². The smallest absolute Gasteiger partial charge is 0.226 e. The lowest BCUT2D eigenvalue weighted by Crippen LogP contribution is -2.54. The van der Waals surface area contributed by atoms with E-state index < -0.39 is 0 Å². The van der Waals surface area contributed by atoms with Crippen molar-refractivity contribution in [1.82, 2.24) is 10.2 Å². The van der Waals surface area contributed by atoms with E-state index in [1.165, 1.54) is 32.1 Å². The molecule has 1 atom stereocenters. The summed E-state index contributed by atoms with van der Waals surface area (Å²) in [5.41, 5.74) is 0.182. The van der Waals surface area contributed by atoms with E-state index in [2.05, 4.69) is 34.7 Å². The summed E-state index contributed by atoms with van der Waals surface area (Å²) in [6.07, 6.45) is 9.87. The van der Waals surface area contributed by atoms with Crippen LogP contribution in [-0.4, -0.2) is 30.4 Å². The van der Waals surface area contributed by atoms with Gasteiger partial charge in [-0.25, -0.2) is 0 Å². The van der Waals surface area contributed by atoms with Crippen LogP contribution in [0.25, 0.3) is 0 Å². The third-order valence-electron chi connectivity index (χ3n) is 7.16. The molecular weight excluding hydrogens is 316 g/mol. The first-order valence-corrected chi connectivity index (χ1v) is 10.7. The molecular formula is C20H30N2OS. The maximum absolute atomic E-state index is 12.6. The fourth-order valence-electron chi connectivity index (χ4n) is 5.68. The summed E-state index contributed by atoms with van der Waals surface area (Å²) in [6.45, 7) is 5.31. The van der Waals surface area contributed by atoms with Gasteiger partial charge in [0, 0.05) is 24.5 Å². The van der Waals surface area contributed by atoms with Crippen LogP contribution in [0.4, 0.5) is 0 Å². The van der Waals surface area contributed by atoms with Gasteiger partial charge < -0.3 is 5.32 Å². The van der Waals surface area contributed by atoms with Gasteiger partial charge in [-0.2, -0.15) is 0 Å². The minimum Gasteiger partial charge on any atom is -0.355 e. The number of carbonyl (C=O) groups excluding carboxylic acids is 1. The molecule has 1 aromatic heterocycles. The van der Waals surface area contributed by atoms with Crippen molar-refractivity contribution in [2.45, 2.75) is 63.8 Å². The summed E-state index contributed by atoms with van der Waals surface area (Å²) < 4.78 is 0. The average molecular weight is 347 g/mol. The Bertz CT molecular complexity index is 568. The van der Waals surface area contributed by atoms with Crippen LogP contribution in [0.15, 0.2) is 17.5 Å². The molecule has 0 radical (unpaired) electrons. The largest absolute Gasteiger partial charge is 0.355 e. The first-order valence-electron chi connectivity index (χ1n) is 9.79. The van der Waals surface area contributed by atoms with E-state index in [-0.39, 0.29) is 11.0 Å². The SMILES string of the molecule is CCC1CNC(=O)C12CCN(C1(c3cccs3)CCCCC1)CC2. The molecule has 0 bridgehead atoms. The standard InChI is InChI=1S/C20H30N2OS/c1-2-16-15-21-18(23)19(16)10-12-22(13-11-19)20(8-4-3-5-9-20)17-7-6-14-24-17/h6-7,14,16H,2-5,8-13,15H2,1H3,(H,21,23). The lowest BCUT2D eigenvalue weighted by Gasteiger charge is -2.51. The van der Waals surface area contributed by atoms with E-state index in [1.54, 1.807) is 4.88 Å². The zero-order valence-electron chi connectivity index (χ0n) is 14.9. The van der Waals surface area contributed by atoms with E-state index in [0.717, 1.165) is 38.9 Å². The average Bonchev–Trinajstić information content (AvgIpc) is 3.27. The third-order valence-corrected chi connectivity index (χ3v) is 8.22. The van der Waals surface area contributed by atoms with E-state index >= 15 is 0 Å². The summed E-state index contributed by atoms with van der Waals surface area (Å²) >= 11 is 1.93. The quantitative estimate of drug-likeness (QED) is 0.892. The summed E-state index contributed by atoms with van der Waals surface area (Å²) in [7, 11) is 0. The van der Waals surface area contributed by atoms with E-state index in [1.807, 2.05) is 11.3 Å². The van der Waals surface area contributed by atoms with Crippen LogP contribution in [-0.2, 0) is 10.3 Å². The first kappa shape index (κ1) is 16.6. The third kappa shape index (κ3) is 2.45. The van der Waals surface area contributed by atoms with E-state index in [0.29, 0.717) is 11.8 Å². The van der Waals surface area contributed by atoms with Gasteiger partial charge in [0.2, 0.25) is 5.91 Å². The van der Waals surface area contributed by atoms with Crippen LogP contribution in [0.2, 0.25) is 0 Å². The van der Waals surface area contributed by atoms with Crippen molar-refractivity contribution in [3.8, 4) is 0 Å². The highest BCUT2D eigenvalue weighted by Crippen LogP contribution is 2.50. The number of likely N-dealkylation sites (tertiary alicyclic amines) is 1. The monoisotopic (exact) mass is 346 g/mol. The second kappa shape index (κ2) is 6.45. The van der Waals surface area contributed by atoms with Gasteiger partial charge in [0.05, 0.1) is 11.0 Å². The topological polar surface area (TPSA) is 32.3 Å². The van der Waals surface area contributed by atoms with Crippen molar-refractivity contribution in [3.05, 3.63) is 22.4 Å². The Morgan fingerprint density at radius 3 is 2.58 bits per heavy atom. The Labute approximate surface area is 149 Å². The predicted molar refractivity (Wildman–Crippen MR) is 99.1 cm³/mol. The van der Waals surface area contributed by atoms with Gasteiger partial charge in [0.25, 0.3) is 0 Å². The van der Waals surface area contributed by atoms with Crippen LogP contribution >= 0.6 is 11.3 Å². The number of hydrogen-bond acceptors (Lipinski definition) is 3. The number of thiophene rings is 1. The normalized spacial score (nSPS) is 29.7. The number of carbonyl (C=O) groups is 1. The Morgan fingerprint density at radius 1 is 1.21 bits per heavy atom. The molecule has 1 saturated carbocycles. The molecule has 3 heterocycles. The Morgan fingerprint density at radius 2 is 1.96 bits per heavy atom. The van der Waals surface area contributed by atoms with E-state index in [9.17, 15) is 4.79 Å². The molecule has 3 nitrogen and oxygen atoms in total. The summed E-state index contributed by atoms with van der Waals surface area (Å²) in [5.74, 6) is 0.874. The molecule has 2 aliphatic heterocycles. The summed E-state index contributed by atoms with van der Waals surface area (Å²) in [5, 5.41) is 5.39. The Kier molecular flexibility index (Phi) is 4.46. The zero-order chi connectivity index (χ0) is 16.6. The van der Waals surface area contributed by atoms with Gasteiger partial charge in [-0.05, 0) is 43.0 Å². The fraction of sp³-hybridized carbons (Fsp3) is 0.750. The van der Waals surface area contributed by atoms with Crippen LogP contribution < -0.4 is 5.32 Å². The lowest BCUT2D eigenvalue weighted by atomic mass is 9.68. The second-order valence-corrected chi connectivity index (χ2v) is 8.98. The molecule has 4 rings (SSSR count). The maximum atomic E-state index is 12.6. The highest BCUT2D eigenvalue weighted by molar-refractivity contribution is 7.10. The van der Waals surface area contributed by atoms with Gasteiger partial charge in [0.1, 0.15) is 0 Å². The number of rotatable bonds is 3. The van der Waals surface area contributed by atoms with Crippen molar-refractivity contribution >= 4 is 17.2 Å². The van der Waals surface area contributed by atoms with Gasteiger partial charge in [0.15, 0.2) is 0 Å². The molecule has 3 aliphatic rings. The van der Waals surface area contributed by atoms with Crippen molar-refractivity contribution in [2.75, 3.05) is 19.6 Å². The van der Waals surface area contributed by atoms with Gasteiger partial charge >= 0.3 is 0 Å². The highest BCUT2D eigenvalue weighted by Gasteiger charge is 2.53. The Hall–Kier alpha value is -0.870. The number of nitrogens with one attached hydrogen (secondary N) is 1. The molecule has 1 aromatic rings. The predicted octanol–water partition coefficient (Wildman–Crippen LogP) is 4.15. The Balaban J connectivity index is 1.56. The first-order chi connectivity index (χ1) is 11.7. The minimum atomic E-state index is -0.0729. The molecule has 0 aromatic carbocycles. The van der Waals surface area contributed by atoms with Gasteiger partial charge in [-0.1, -0.05) is 38.7 Å². The number of nitrogens with zero attached hydrogens (tertiary/aromatic N) is 1. The van der Waals surface area contributed by atoms with Crippen LogP contribution in [0.5, 0.6) is 0 Å². The molecule has 2 saturated heterocycles. The molecule has 4 heteroatoms. The molecule has 1 N–H and O–H groups in total. The van der Waals surface area contributed by atoms with Crippen molar-refractivity contribution in [3.63, 3.8) is 0 Å². The summed E-state index contributed by atoms with van der Waals surface area (Å²) in [4.78, 5) is 16.9. The molecule has 1 amide bonds.